The lowest BCUT2D eigenvalue weighted by molar-refractivity contribution is -0.135. The van der Waals surface area contributed by atoms with Crippen molar-refractivity contribution < 1.29 is 14.4 Å². The molecule has 2 saturated heterocycles. The van der Waals surface area contributed by atoms with E-state index < -0.39 is 6.04 Å². The van der Waals surface area contributed by atoms with Gasteiger partial charge in [0.15, 0.2) is 0 Å². The molecule has 4 aromatic rings. The summed E-state index contributed by atoms with van der Waals surface area (Å²) in [5, 5.41) is 7.32. The Morgan fingerprint density at radius 1 is 0.938 bits per heavy atom. The summed E-state index contributed by atoms with van der Waals surface area (Å²) in [4.78, 5) is 50.3. The number of amides is 4. The largest absolute Gasteiger partial charge is 0.361 e. The summed E-state index contributed by atoms with van der Waals surface area (Å²) in [5.74, 6) is -0.0791. The second-order valence-corrected chi connectivity index (χ2v) is 14.1. The molecule has 2 unspecified atom stereocenters. The highest BCUT2D eigenvalue weighted by Crippen LogP contribution is 2.52. The van der Waals surface area contributed by atoms with Gasteiger partial charge in [0.05, 0.1) is 5.92 Å². The maximum Gasteiger partial charge on any atom is 0.315 e. The molecule has 3 aliphatic rings. The summed E-state index contributed by atoms with van der Waals surface area (Å²) in [5.41, 5.74) is 5.52. The normalized spacial score (nSPS) is 20.8. The fourth-order valence-electron chi connectivity index (χ4n) is 8.32. The Morgan fingerprint density at radius 3 is 2.46 bits per heavy atom. The Kier molecular flexibility index (Phi) is 8.96. The van der Waals surface area contributed by atoms with Crippen molar-refractivity contribution in [3.63, 3.8) is 0 Å². The number of likely N-dealkylation sites (N-methyl/N-ethyl adjacent to an activating group) is 1. The van der Waals surface area contributed by atoms with Crippen LogP contribution in [0.25, 0.3) is 10.9 Å². The van der Waals surface area contributed by atoms with E-state index in [1.54, 1.807) is 4.90 Å². The van der Waals surface area contributed by atoms with Crippen molar-refractivity contribution in [2.75, 3.05) is 40.3 Å². The fourth-order valence-corrected chi connectivity index (χ4v) is 8.32. The van der Waals surface area contributed by atoms with Gasteiger partial charge in [0, 0.05) is 81.8 Å². The van der Waals surface area contributed by atoms with Crippen LogP contribution in [0.3, 0.4) is 0 Å². The van der Waals surface area contributed by atoms with E-state index in [4.69, 9.17) is 0 Å². The van der Waals surface area contributed by atoms with Crippen molar-refractivity contribution in [1.82, 2.24) is 30.3 Å². The molecule has 9 heteroatoms. The van der Waals surface area contributed by atoms with E-state index in [0.717, 1.165) is 67.3 Å². The number of rotatable bonds is 8. The monoisotopic (exact) mass is 646 g/mol. The molecule has 1 spiro atoms. The Balaban J connectivity index is 1.04. The number of hydrogen-bond acceptors (Lipinski definition) is 4. The van der Waals surface area contributed by atoms with Crippen LogP contribution in [0.15, 0.2) is 85.1 Å². The molecule has 1 aliphatic carbocycles. The number of para-hydroxylation sites is 1. The molecule has 9 nitrogen and oxygen atoms in total. The van der Waals surface area contributed by atoms with Crippen LogP contribution in [0.4, 0.5) is 4.79 Å². The van der Waals surface area contributed by atoms with E-state index in [1.165, 1.54) is 11.1 Å². The van der Waals surface area contributed by atoms with Crippen LogP contribution >= 0.6 is 0 Å². The third-order valence-corrected chi connectivity index (χ3v) is 10.8. The Labute approximate surface area is 282 Å². The second-order valence-electron chi connectivity index (χ2n) is 14.1. The van der Waals surface area contributed by atoms with Crippen LogP contribution in [0, 0.1) is 0 Å². The molecule has 3 N–H and O–H groups in total. The Morgan fingerprint density at radius 2 is 1.67 bits per heavy atom. The van der Waals surface area contributed by atoms with E-state index >= 15 is 0 Å². The van der Waals surface area contributed by atoms with Crippen molar-refractivity contribution in [2.45, 2.75) is 62.1 Å². The van der Waals surface area contributed by atoms with Gasteiger partial charge >= 0.3 is 6.03 Å². The van der Waals surface area contributed by atoms with Gasteiger partial charge in [0.1, 0.15) is 6.04 Å². The lowest BCUT2D eigenvalue weighted by Crippen LogP contribution is -2.56. The van der Waals surface area contributed by atoms with E-state index in [0.29, 0.717) is 19.5 Å². The van der Waals surface area contributed by atoms with Crippen molar-refractivity contribution in [3.8, 4) is 0 Å². The molecular formula is C39H46N6O3. The minimum absolute atomic E-state index is 0.0210. The summed E-state index contributed by atoms with van der Waals surface area (Å²) in [7, 11) is 3.64. The molecule has 250 valence electrons. The fraction of sp³-hybridized carbons (Fsp3) is 0.410. The van der Waals surface area contributed by atoms with Crippen molar-refractivity contribution >= 4 is 28.7 Å². The van der Waals surface area contributed by atoms with Crippen LogP contribution in [0.1, 0.15) is 53.9 Å². The van der Waals surface area contributed by atoms with Crippen LogP contribution in [0.5, 0.6) is 0 Å². The molecule has 0 saturated carbocycles. The number of nitrogens with one attached hydrogen (secondary N) is 3. The molecule has 7 rings (SSSR count). The van der Waals surface area contributed by atoms with Crippen LogP contribution < -0.4 is 10.6 Å². The average molecular weight is 647 g/mol. The molecule has 4 amide bonds. The molecule has 3 aromatic carbocycles. The average Bonchev–Trinajstić information content (AvgIpc) is 3.81. The number of likely N-dealkylation sites (tertiary alicyclic amines) is 2. The highest BCUT2D eigenvalue weighted by molar-refractivity contribution is 5.90. The van der Waals surface area contributed by atoms with Gasteiger partial charge in [-0.05, 0) is 54.0 Å². The van der Waals surface area contributed by atoms with E-state index in [1.807, 2.05) is 55.5 Å². The number of hydrogen-bond donors (Lipinski definition) is 3. The number of carbonyl (C=O) groups is 3. The maximum atomic E-state index is 14.3. The van der Waals surface area contributed by atoms with E-state index in [9.17, 15) is 14.4 Å². The number of aromatic nitrogens is 1. The van der Waals surface area contributed by atoms with Crippen LogP contribution in [-0.2, 0) is 28.0 Å². The van der Waals surface area contributed by atoms with Gasteiger partial charge in [-0.2, -0.15) is 0 Å². The van der Waals surface area contributed by atoms with Crippen LogP contribution in [0.2, 0.25) is 0 Å². The zero-order valence-electron chi connectivity index (χ0n) is 28.0. The summed E-state index contributed by atoms with van der Waals surface area (Å²) >= 11 is 0. The number of benzene rings is 3. The molecule has 48 heavy (non-hydrogen) atoms. The molecule has 3 heterocycles. The standard InChI is InChI=1S/C39H46N6O3/c1-43(2)36(46)32-23-39(33-14-8-6-13-31(32)33)17-20-45(21-18-39)37(47)35(22-28-24-40-34-15-9-7-12-30(28)34)42-38(48)41-29-16-19-44(26-29)25-27-10-4-3-5-11-27/h3-15,24,29,32,35,40H,16-23,25-26H2,1-2H3,(H2,41,42,48)/t29?,32-,35?/m1/s1. The molecule has 0 radical (unpaired) electrons. The van der Waals surface area contributed by atoms with Gasteiger partial charge < -0.3 is 25.4 Å². The maximum absolute atomic E-state index is 14.3. The molecule has 3 atom stereocenters. The third-order valence-electron chi connectivity index (χ3n) is 10.8. The Hall–Kier alpha value is -4.63. The summed E-state index contributed by atoms with van der Waals surface area (Å²) in [6.45, 7) is 3.71. The second kappa shape index (κ2) is 13.5. The Bertz CT molecular complexity index is 1780. The quantitative estimate of drug-likeness (QED) is 0.256. The van der Waals surface area contributed by atoms with Gasteiger partial charge in [-0.25, -0.2) is 4.79 Å². The van der Waals surface area contributed by atoms with Gasteiger partial charge in [-0.15, -0.1) is 0 Å². The third kappa shape index (κ3) is 6.43. The lowest BCUT2D eigenvalue weighted by atomic mass is 9.73. The van der Waals surface area contributed by atoms with Crippen molar-refractivity contribution in [2.24, 2.45) is 0 Å². The van der Waals surface area contributed by atoms with Gasteiger partial charge in [0.2, 0.25) is 11.8 Å². The topological polar surface area (TPSA) is 101 Å². The number of carbonyl (C=O) groups excluding carboxylic acids is 3. The number of fused-ring (bicyclic) bond motifs is 3. The summed E-state index contributed by atoms with van der Waals surface area (Å²) in [6, 6.07) is 25.8. The first-order valence-corrected chi connectivity index (χ1v) is 17.3. The zero-order chi connectivity index (χ0) is 33.3. The summed E-state index contributed by atoms with van der Waals surface area (Å²) in [6.07, 6.45) is 5.56. The van der Waals surface area contributed by atoms with E-state index in [2.05, 4.69) is 69.0 Å². The zero-order valence-corrected chi connectivity index (χ0v) is 28.0. The first kappa shape index (κ1) is 31.9. The first-order chi connectivity index (χ1) is 23.3. The lowest BCUT2D eigenvalue weighted by Gasteiger charge is -2.41. The smallest absolute Gasteiger partial charge is 0.315 e. The molecule has 2 aliphatic heterocycles. The van der Waals surface area contributed by atoms with Crippen molar-refractivity contribution in [1.29, 1.82) is 0 Å². The van der Waals surface area contributed by atoms with Gasteiger partial charge in [0.25, 0.3) is 0 Å². The number of piperidine rings is 1. The van der Waals surface area contributed by atoms with Crippen molar-refractivity contribution in [3.05, 3.63) is 107 Å². The number of nitrogens with zero attached hydrogens (tertiary/aromatic N) is 3. The molecule has 1 aromatic heterocycles. The van der Waals surface area contributed by atoms with Gasteiger partial charge in [-0.3, -0.25) is 14.5 Å². The highest BCUT2D eigenvalue weighted by atomic mass is 16.2. The SMILES string of the molecule is CN(C)C(=O)[C@@H]1CC2(CCN(C(=O)C(Cc3c[nH]c4ccccc34)NC(=O)NC3CCN(Cc4ccccc4)C3)CC2)c2ccccc21. The first-order valence-electron chi connectivity index (χ1n) is 17.3. The summed E-state index contributed by atoms with van der Waals surface area (Å²) < 4.78 is 0. The minimum Gasteiger partial charge on any atom is -0.361 e. The van der Waals surface area contributed by atoms with Crippen LogP contribution in [-0.4, -0.2) is 89.9 Å². The molecular weight excluding hydrogens is 600 g/mol. The predicted molar refractivity (Wildman–Crippen MR) is 188 cm³/mol. The van der Waals surface area contributed by atoms with Gasteiger partial charge in [-0.1, -0.05) is 72.8 Å². The number of aromatic amines is 1. The van der Waals surface area contributed by atoms with E-state index in [-0.39, 0.29) is 35.2 Å². The minimum atomic E-state index is -0.709. The highest BCUT2D eigenvalue weighted by Gasteiger charge is 2.48. The number of urea groups is 1. The molecule has 0 bridgehead atoms. The predicted octanol–water partition coefficient (Wildman–Crippen LogP) is 4.79. The molecule has 2 fully saturated rings. The number of H-pyrrole nitrogens is 1.